The molecule has 0 saturated carbocycles. The molecule has 0 fully saturated rings. The van der Waals surface area contributed by atoms with Crippen LogP contribution in [0.2, 0.25) is 0 Å². The number of rotatable bonds is 3. The van der Waals surface area contributed by atoms with Crippen LogP contribution in [0.1, 0.15) is 37.8 Å². The van der Waals surface area contributed by atoms with Crippen LogP contribution in [-0.2, 0) is 0 Å². The maximum atomic E-state index is 3.68. The summed E-state index contributed by atoms with van der Waals surface area (Å²) in [7, 11) is 0. The fraction of sp³-hybridized carbons (Fsp3) is 0.429. The summed E-state index contributed by atoms with van der Waals surface area (Å²) in [5.41, 5.74) is 1.37. The minimum atomic E-state index is 0.413. The fourth-order valence-corrected chi connectivity index (χ4v) is 2.17. The molecule has 15 heavy (non-hydrogen) atoms. The highest BCUT2D eigenvalue weighted by Crippen LogP contribution is 2.21. The molecular formula is C14H19N. The molecule has 1 aromatic rings. The monoisotopic (exact) mass is 201 g/mol. The molecule has 1 nitrogen and oxygen atoms in total. The number of benzene rings is 1. The molecule has 1 heterocycles. The smallest absolute Gasteiger partial charge is 0.0508 e. The summed E-state index contributed by atoms with van der Waals surface area (Å²) < 4.78 is 0. The van der Waals surface area contributed by atoms with E-state index in [4.69, 9.17) is 0 Å². The van der Waals surface area contributed by atoms with Crippen molar-refractivity contribution >= 4 is 0 Å². The molecule has 1 N–H and O–H groups in total. The number of hydrogen-bond acceptors (Lipinski definition) is 1. The van der Waals surface area contributed by atoms with Crippen molar-refractivity contribution in [2.24, 2.45) is 0 Å². The van der Waals surface area contributed by atoms with Gasteiger partial charge in [-0.2, -0.15) is 0 Å². The van der Waals surface area contributed by atoms with Crippen molar-refractivity contribution in [3.05, 3.63) is 48.0 Å². The Hall–Kier alpha value is -1.08. The highest BCUT2D eigenvalue weighted by atomic mass is 15.0. The first kappa shape index (κ1) is 10.4. The molecule has 2 atom stereocenters. The van der Waals surface area contributed by atoms with Gasteiger partial charge in [0.2, 0.25) is 0 Å². The van der Waals surface area contributed by atoms with E-state index in [-0.39, 0.29) is 0 Å². The van der Waals surface area contributed by atoms with Crippen LogP contribution < -0.4 is 5.32 Å². The van der Waals surface area contributed by atoms with E-state index in [1.807, 2.05) is 0 Å². The molecule has 0 radical (unpaired) electrons. The Morgan fingerprint density at radius 2 is 2.07 bits per heavy atom. The molecule has 0 saturated heterocycles. The third-order valence-corrected chi connectivity index (χ3v) is 2.96. The second-order valence-corrected chi connectivity index (χ2v) is 4.20. The van der Waals surface area contributed by atoms with Crippen LogP contribution in [0.4, 0.5) is 0 Å². The molecule has 1 aromatic carbocycles. The largest absolute Gasteiger partial charge is 0.304 e. The molecule has 2 rings (SSSR count). The van der Waals surface area contributed by atoms with Gasteiger partial charge < -0.3 is 5.32 Å². The Morgan fingerprint density at radius 3 is 2.80 bits per heavy atom. The average Bonchev–Trinajstić information content (AvgIpc) is 2.31. The molecule has 80 valence electrons. The van der Waals surface area contributed by atoms with E-state index in [2.05, 4.69) is 54.7 Å². The molecule has 1 aliphatic heterocycles. The molecular weight excluding hydrogens is 182 g/mol. The first-order valence-corrected chi connectivity index (χ1v) is 5.88. The van der Waals surface area contributed by atoms with Gasteiger partial charge in [0.25, 0.3) is 0 Å². The van der Waals surface area contributed by atoms with E-state index in [0.29, 0.717) is 12.1 Å². The summed E-state index contributed by atoms with van der Waals surface area (Å²) in [5.74, 6) is 0. The molecule has 0 aromatic heterocycles. The lowest BCUT2D eigenvalue weighted by molar-refractivity contribution is 0.432. The minimum Gasteiger partial charge on any atom is -0.304 e. The Bertz CT molecular complexity index is 315. The zero-order valence-electron chi connectivity index (χ0n) is 9.32. The van der Waals surface area contributed by atoms with Crippen LogP contribution in [0.25, 0.3) is 0 Å². The van der Waals surface area contributed by atoms with Gasteiger partial charge in [0.1, 0.15) is 0 Å². The summed E-state index contributed by atoms with van der Waals surface area (Å²) in [6.07, 6.45) is 8.30. The van der Waals surface area contributed by atoms with Gasteiger partial charge >= 0.3 is 0 Å². The van der Waals surface area contributed by atoms with Crippen LogP contribution in [0, 0.1) is 0 Å². The van der Waals surface area contributed by atoms with Crippen LogP contribution in [-0.4, -0.2) is 6.04 Å². The van der Waals surface area contributed by atoms with Crippen molar-refractivity contribution in [1.82, 2.24) is 5.32 Å². The van der Waals surface area contributed by atoms with Crippen LogP contribution in [0.3, 0.4) is 0 Å². The zero-order chi connectivity index (χ0) is 10.5. The first-order valence-electron chi connectivity index (χ1n) is 5.88. The van der Waals surface area contributed by atoms with Gasteiger partial charge in [-0.25, -0.2) is 0 Å². The highest BCUT2D eigenvalue weighted by Gasteiger charge is 2.16. The van der Waals surface area contributed by atoms with Crippen molar-refractivity contribution in [3.8, 4) is 0 Å². The zero-order valence-corrected chi connectivity index (χ0v) is 9.32. The van der Waals surface area contributed by atoms with E-state index >= 15 is 0 Å². The SMILES string of the molecule is CCC[C@H]1CC=C[C@H](c2ccccc2)N1. The van der Waals surface area contributed by atoms with Gasteiger partial charge in [-0.05, 0) is 18.4 Å². The summed E-state index contributed by atoms with van der Waals surface area (Å²) in [6.45, 7) is 2.25. The van der Waals surface area contributed by atoms with E-state index < -0.39 is 0 Å². The third kappa shape index (κ3) is 2.69. The Balaban J connectivity index is 2.05. The van der Waals surface area contributed by atoms with Gasteiger partial charge in [0.15, 0.2) is 0 Å². The molecule has 0 spiro atoms. The molecule has 0 bridgehead atoms. The highest BCUT2D eigenvalue weighted by molar-refractivity contribution is 5.24. The maximum Gasteiger partial charge on any atom is 0.0508 e. The summed E-state index contributed by atoms with van der Waals surface area (Å²) in [4.78, 5) is 0. The van der Waals surface area contributed by atoms with Gasteiger partial charge in [-0.3, -0.25) is 0 Å². The average molecular weight is 201 g/mol. The van der Waals surface area contributed by atoms with E-state index in [9.17, 15) is 0 Å². The molecule has 0 aliphatic carbocycles. The van der Waals surface area contributed by atoms with Gasteiger partial charge in [0, 0.05) is 6.04 Å². The number of hydrogen-bond donors (Lipinski definition) is 1. The third-order valence-electron chi connectivity index (χ3n) is 2.96. The minimum absolute atomic E-state index is 0.413. The van der Waals surface area contributed by atoms with Gasteiger partial charge in [-0.15, -0.1) is 0 Å². The van der Waals surface area contributed by atoms with E-state index in [1.54, 1.807) is 0 Å². The summed E-state index contributed by atoms with van der Waals surface area (Å²) >= 11 is 0. The summed E-state index contributed by atoms with van der Waals surface area (Å²) in [6, 6.07) is 11.7. The van der Waals surface area contributed by atoms with Crippen molar-refractivity contribution in [2.45, 2.75) is 38.3 Å². The molecule has 0 amide bonds. The molecule has 0 unspecified atom stereocenters. The Morgan fingerprint density at radius 1 is 1.27 bits per heavy atom. The van der Waals surface area contributed by atoms with Crippen LogP contribution in [0.5, 0.6) is 0 Å². The predicted octanol–water partition coefficient (Wildman–Crippen LogP) is 3.45. The van der Waals surface area contributed by atoms with Gasteiger partial charge in [0.05, 0.1) is 6.04 Å². The van der Waals surface area contributed by atoms with E-state index in [0.717, 1.165) is 0 Å². The Labute approximate surface area is 92.2 Å². The van der Waals surface area contributed by atoms with Crippen LogP contribution >= 0.6 is 0 Å². The first-order chi connectivity index (χ1) is 7.40. The van der Waals surface area contributed by atoms with Crippen LogP contribution in [0.15, 0.2) is 42.5 Å². The summed E-state index contributed by atoms with van der Waals surface area (Å²) in [5, 5.41) is 3.68. The quantitative estimate of drug-likeness (QED) is 0.739. The second kappa shape index (κ2) is 5.13. The number of nitrogens with one attached hydrogen (secondary N) is 1. The molecule has 1 heteroatoms. The Kier molecular flexibility index (Phi) is 3.57. The molecule has 1 aliphatic rings. The lowest BCUT2D eigenvalue weighted by Gasteiger charge is -2.27. The predicted molar refractivity (Wildman–Crippen MR) is 64.8 cm³/mol. The normalized spacial score (nSPS) is 25.4. The lowest BCUT2D eigenvalue weighted by atomic mass is 9.97. The standard InChI is InChI=1S/C14H19N/c1-2-7-13-10-6-11-14(15-13)12-8-4-3-5-9-12/h3-6,8-9,11,13-15H,2,7,10H2,1H3/t13-,14+/m0/s1. The van der Waals surface area contributed by atoms with Crippen molar-refractivity contribution in [1.29, 1.82) is 0 Å². The second-order valence-electron chi connectivity index (χ2n) is 4.20. The van der Waals surface area contributed by atoms with Crippen molar-refractivity contribution < 1.29 is 0 Å². The lowest BCUT2D eigenvalue weighted by Crippen LogP contribution is -2.34. The van der Waals surface area contributed by atoms with E-state index in [1.165, 1.54) is 24.8 Å². The fourth-order valence-electron chi connectivity index (χ4n) is 2.17. The van der Waals surface area contributed by atoms with Crippen molar-refractivity contribution in [3.63, 3.8) is 0 Å². The topological polar surface area (TPSA) is 12.0 Å². The van der Waals surface area contributed by atoms with Gasteiger partial charge in [-0.1, -0.05) is 55.8 Å². The van der Waals surface area contributed by atoms with Crippen molar-refractivity contribution in [2.75, 3.05) is 0 Å². The maximum absolute atomic E-state index is 3.68.